The number of rotatable bonds is 8. The molecule has 0 saturated heterocycles. The highest BCUT2D eigenvalue weighted by Gasteiger charge is 2.16. The van der Waals surface area contributed by atoms with E-state index in [9.17, 15) is 9.18 Å². The molecule has 0 radical (unpaired) electrons. The zero-order chi connectivity index (χ0) is 20.7. The van der Waals surface area contributed by atoms with E-state index in [0.717, 1.165) is 0 Å². The minimum atomic E-state index is -0.591. The normalized spacial score (nSPS) is 12.5. The zero-order valence-corrected chi connectivity index (χ0v) is 18.3. The average Bonchev–Trinajstić information content (AvgIpc) is 2.63. The first-order chi connectivity index (χ1) is 13.2. The molecule has 0 heterocycles. The summed E-state index contributed by atoms with van der Waals surface area (Å²) in [5, 5.41) is 3.27. The van der Waals surface area contributed by atoms with E-state index in [2.05, 4.69) is 26.1 Å². The van der Waals surface area contributed by atoms with E-state index < -0.39 is 6.10 Å². The monoisotopic (exact) mass is 423 g/mol. The van der Waals surface area contributed by atoms with Gasteiger partial charge in [-0.1, -0.05) is 50.6 Å². The van der Waals surface area contributed by atoms with E-state index in [4.69, 9.17) is 16.3 Å². The SMILES string of the molecule is C[C@H](Oc1ccc(C(C)(C)C)cc1)C(=O)NCCSCc1c(F)cccc1Cl. The number of halogens is 2. The standard InChI is InChI=1S/C22H27ClFNO2S/c1-15(27-17-10-8-16(9-11-17)22(2,3)4)21(26)25-12-13-28-14-18-19(23)6-5-7-20(18)24/h5-11,15H,12-14H2,1-4H3,(H,25,26)/t15-/m0/s1. The highest BCUT2D eigenvalue weighted by atomic mass is 35.5. The number of carbonyl (C=O) groups excluding carboxylic acids is 1. The average molecular weight is 424 g/mol. The minimum absolute atomic E-state index is 0.0755. The third-order valence-corrected chi connectivity index (χ3v) is 5.60. The summed E-state index contributed by atoms with van der Waals surface area (Å²) in [7, 11) is 0. The summed E-state index contributed by atoms with van der Waals surface area (Å²) in [6, 6.07) is 12.5. The zero-order valence-electron chi connectivity index (χ0n) is 16.7. The van der Waals surface area contributed by atoms with Crippen molar-refractivity contribution in [3.05, 3.63) is 64.4 Å². The van der Waals surface area contributed by atoms with Gasteiger partial charge in [0.05, 0.1) is 0 Å². The fourth-order valence-electron chi connectivity index (χ4n) is 2.53. The third kappa shape index (κ3) is 6.71. The molecule has 1 amide bonds. The predicted molar refractivity (Wildman–Crippen MR) is 116 cm³/mol. The van der Waals surface area contributed by atoms with E-state index in [1.807, 2.05) is 24.3 Å². The molecule has 0 aliphatic carbocycles. The van der Waals surface area contributed by atoms with Gasteiger partial charge in [-0.15, -0.1) is 0 Å². The Morgan fingerprint density at radius 2 is 1.89 bits per heavy atom. The smallest absolute Gasteiger partial charge is 0.260 e. The molecule has 0 unspecified atom stereocenters. The van der Waals surface area contributed by atoms with Gasteiger partial charge in [-0.05, 0) is 42.2 Å². The molecule has 0 bridgehead atoms. The molecule has 2 aromatic carbocycles. The predicted octanol–water partition coefficient (Wildman–Crippen LogP) is 5.59. The summed E-state index contributed by atoms with van der Waals surface area (Å²) in [6.45, 7) is 8.65. The maximum absolute atomic E-state index is 13.7. The molecule has 152 valence electrons. The first-order valence-electron chi connectivity index (χ1n) is 9.24. The fourth-order valence-corrected chi connectivity index (χ4v) is 3.72. The number of hydrogen-bond acceptors (Lipinski definition) is 3. The Balaban J connectivity index is 1.72. The Hall–Kier alpha value is -1.72. The van der Waals surface area contributed by atoms with Gasteiger partial charge in [0.1, 0.15) is 11.6 Å². The molecule has 3 nitrogen and oxygen atoms in total. The van der Waals surface area contributed by atoms with Crippen molar-refractivity contribution in [2.24, 2.45) is 0 Å². The van der Waals surface area contributed by atoms with E-state index in [1.165, 1.54) is 23.4 Å². The third-order valence-electron chi connectivity index (χ3n) is 4.26. The molecule has 0 aliphatic rings. The van der Waals surface area contributed by atoms with Crippen LogP contribution in [0.1, 0.15) is 38.8 Å². The molecule has 0 aromatic heterocycles. The lowest BCUT2D eigenvalue weighted by molar-refractivity contribution is -0.127. The van der Waals surface area contributed by atoms with Crippen molar-refractivity contribution in [3.8, 4) is 5.75 Å². The summed E-state index contributed by atoms with van der Waals surface area (Å²) < 4.78 is 19.4. The molecule has 2 rings (SSSR count). The molecule has 1 N–H and O–H groups in total. The van der Waals surface area contributed by atoms with Crippen LogP contribution in [-0.4, -0.2) is 24.3 Å². The van der Waals surface area contributed by atoms with Crippen molar-refractivity contribution in [2.75, 3.05) is 12.3 Å². The van der Waals surface area contributed by atoms with Crippen molar-refractivity contribution in [2.45, 2.75) is 45.0 Å². The van der Waals surface area contributed by atoms with Crippen LogP contribution in [0, 0.1) is 5.82 Å². The van der Waals surface area contributed by atoms with Crippen molar-refractivity contribution >= 4 is 29.3 Å². The molecule has 0 saturated carbocycles. The lowest BCUT2D eigenvalue weighted by Gasteiger charge is -2.20. The van der Waals surface area contributed by atoms with Crippen molar-refractivity contribution in [1.29, 1.82) is 0 Å². The lowest BCUT2D eigenvalue weighted by atomic mass is 9.87. The largest absolute Gasteiger partial charge is 0.481 e. The van der Waals surface area contributed by atoms with Crippen molar-refractivity contribution < 1.29 is 13.9 Å². The van der Waals surface area contributed by atoms with Gasteiger partial charge < -0.3 is 10.1 Å². The van der Waals surface area contributed by atoms with Gasteiger partial charge >= 0.3 is 0 Å². The first kappa shape index (κ1) is 22.6. The Labute approximate surface area is 176 Å². The van der Waals surface area contributed by atoms with E-state index in [0.29, 0.717) is 34.4 Å². The highest BCUT2D eigenvalue weighted by Crippen LogP contribution is 2.25. The Morgan fingerprint density at radius 3 is 2.50 bits per heavy atom. The summed E-state index contributed by atoms with van der Waals surface area (Å²) in [4.78, 5) is 12.2. The number of benzene rings is 2. The summed E-state index contributed by atoms with van der Waals surface area (Å²) in [5.74, 6) is 1.31. The fraction of sp³-hybridized carbons (Fsp3) is 0.409. The number of carbonyl (C=O) groups is 1. The second-order valence-corrected chi connectivity index (χ2v) is 9.09. The van der Waals surface area contributed by atoms with Gasteiger partial charge in [-0.25, -0.2) is 4.39 Å². The van der Waals surface area contributed by atoms with Gasteiger partial charge in [0.25, 0.3) is 5.91 Å². The lowest BCUT2D eigenvalue weighted by Crippen LogP contribution is -2.37. The topological polar surface area (TPSA) is 38.3 Å². The quantitative estimate of drug-likeness (QED) is 0.562. The van der Waals surface area contributed by atoms with Gasteiger partial charge in [0, 0.05) is 28.6 Å². The van der Waals surface area contributed by atoms with Crippen LogP contribution in [0.3, 0.4) is 0 Å². The van der Waals surface area contributed by atoms with Crippen LogP contribution in [0.15, 0.2) is 42.5 Å². The Bertz CT molecular complexity index is 770. The van der Waals surface area contributed by atoms with Crippen LogP contribution in [-0.2, 0) is 16.0 Å². The summed E-state index contributed by atoms with van der Waals surface area (Å²) in [6.07, 6.45) is -0.591. The van der Waals surface area contributed by atoms with Crippen molar-refractivity contribution in [3.63, 3.8) is 0 Å². The molecule has 0 spiro atoms. The maximum Gasteiger partial charge on any atom is 0.260 e. The van der Waals surface area contributed by atoms with Gasteiger partial charge in [-0.3, -0.25) is 4.79 Å². The molecule has 2 aromatic rings. The van der Waals surface area contributed by atoms with E-state index in [-0.39, 0.29) is 17.1 Å². The first-order valence-corrected chi connectivity index (χ1v) is 10.8. The Morgan fingerprint density at radius 1 is 1.21 bits per heavy atom. The second-order valence-electron chi connectivity index (χ2n) is 7.58. The number of nitrogens with one attached hydrogen (secondary N) is 1. The summed E-state index contributed by atoms with van der Waals surface area (Å²) >= 11 is 7.52. The number of thioether (sulfide) groups is 1. The number of amides is 1. The molecule has 6 heteroatoms. The number of hydrogen-bond donors (Lipinski definition) is 1. The highest BCUT2D eigenvalue weighted by molar-refractivity contribution is 7.98. The van der Waals surface area contributed by atoms with Crippen LogP contribution in [0.4, 0.5) is 4.39 Å². The second kappa shape index (κ2) is 10.2. The van der Waals surface area contributed by atoms with Crippen molar-refractivity contribution in [1.82, 2.24) is 5.32 Å². The van der Waals surface area contributed by atoms with E-state index >= 15 is 0 Å². The molecule has 1 atom stereocenters. The van der Waals surface area contributed by atoms with E-state index in [1.54, 1.807) is 19.1 Å². The van der Waals surface area contributed by atoms with Crippen LogP contribution in [0.25, 0.3) is 0 Å². The van der Waals surface area contributed by atoms with Gasteiger partial charge in [-0.2, -0.15) is 11.8 Å². The van der Waals surface area contributed by atoms with Crippen LogP contribution >= 0.6 is 23.4 Å². The molecular weight excluding hydrogens is 397 g/mol. The molecule has 0 fully saturated rings. The number of ether oxygens (including phenoxy) is 1. The maximum atomic E-state index is 13.7. The van der Waals surface area contributed by atoms with Gasteiger partial charge in [0.2, 0.25) is 0 Å². The minimum Gasteiger partial charge on any atom is -0.481 e. The van der Waals surface area contributed by atoms with Crippen LogP contribution in [0.5, 0.6) is 5.75 Å². The molecular formula is C22H27ClFNO2S. The molecule has 28 heavy (non-hydrogen) atoms. The van der Waals surface area contributed by atoms with Crippen LogP contribution < -0.4 is 10.1 Å². The Kier molecular flexibility index (Phi) is 8.20. The van der Waals surface area contributed by atoms with Crippen LogP contribution in [0.2, 0.25) is 5.02 Å². The summed E-state index contributed by atoms with van der Waals surface area (Å²) in [5.41, 5.74) is 1.78. The van der Waals surface area contributed by atoms with Gasteiger partial charge in [0.15, 0.2) is 6.10 Å². The molecule has 0 aliphatic heterocycles.